The fraction of sp³-hybridized carbons (Fsp3) is 0.316. The molecule has 144 valence electrons. The molecular weight excluding hydrogens is 452 g/mol. The lowest BCUT2D eigenvalue weighted by Crippen LogP contribution is -2.51. The Kier molecular flexibility index (Phi) is 6.57. The number of carbonyl (C=O) groups is 1. The second-order valence-corrected chi connectivity index (χ2v) is 9.60. The summed E-state index contributed by atoms with van der Waals surface area (Å²) in [4.78, 5) is 12.9. The molecule has 1 atom stereocenters. The molecule has 1 fully saturated rings. The maximum absolute atomic E-state index is 13.1. The van der Waals surface area contributed by atoms with E-state index in [-0.39, 0.29) is 17.3 Å². The molecule has 0 aromatic heterocycles. The van der Waals surface area contributed by atoms with E-state index >= 15 is 0 Å². The molecule has 1 amide bonds. The Hall–Kier alpha value is -1.41. The molecule has 0 radical (unpaired) electrons. The first kappa shape index (κ1) is 20.3. The van der Waals surface area contributed by atoms with Crippen molar-refractivity contribution in [2.45, 2.75) is 36.7 Å². The van der Waals surface area contributed by atoms with Crippen LogP contribution >= 0.6 is 27.5 Å². The molecule has 1 saturated heterocycles. The summed E-state index contributed by atoms with van der Waals surface area (Å²) in [5, 5.41) is 3.41. The van der Waals surface area contributed by atoms with Crippen LogP contribution in [-0.2, 0) is 21.4 Å². The van der Waals surface area contributed by atoms with Crippen LogP contribution in [0.3, 0.4) is 0 Å². The molecule has 27 heavy (non-hydrogen) atoms. The minimum atomic E-state index is -3.74. The summed E-state index contributed by atoms with van der Waals surface area (Å²) in [6.45, 7) is 0.601. The third-order valence-electron chi connectivity index (χ3n) is 4.59. The predicted octanol–water partition coefficient (Wildman–Crippen LogP) is 3.96. The Labute approximate surface area is 172 Å². The lowest BCUT2D eigenvalue weighted by Gasteiger charge is -2.33. The van der Waals surface area contributed by atoms with E-state index in [4.69, 9.17) is 11.6 Å². The number of sulfonamides is 1. The number of hydrogen-bond donors (Lipinski definition) is 1. The number of nitrogens with one attached hydrogen (secondary N) is 1. The molecule has 1 heterocycles. The zero-order valence-corrected chi connectivity index (χ0v) is 17.7. The van der Waals surface area contributed by atoms with Gasteiger partial charge in [0.2, 0.25) is 15.9 Å². The minimum absolute atomic E-state index is 0.191. The van der Waals surface area contributed by atoms with E-state index in [1.807, 2.05) is 18.2 Å². The van der Waals surface area contributed by atoms with Crippen molar-refractivity contribution in [2.24, 2.45) is 0 Å². The molecule has 1 N–H and O–H groups in total. The van der Waals surface area contributed by atoms with Gasteiger partial charge < -0.3 is 5.32 Å². The van der Waals surface area contributed by atoms with Gasteiger partial charge in [-0.2, -0.15) is 4.31 Å². The molecule has 2 aromatic rings. The van der Waals surface area contributed by atoms with E-state index in [0.29, 0.717) is 18.0 Å². The van der Waals surface area contributed by atoms with Gasteiger partial charge in [0.05, 0.1) is 4.90 Å². The summed E-state index contributed by atoms with van der Waals surface area (Å²) in [5.41, 5.74) is 0.797. The second-order valence-electron chi connectivity index (χ2n) is 6.39. The van der Waals surface area contributed by atoms with Gasteiger partial charge in [0, 0.05) is 22.6 Å². The van der Waals surface area contributed by atoms with E-state index in [2.05, 4.69) is 21.2 Å². The number of rotatable bonds is 5. The summed E-state index contributed by atoms with van der Waals surface area (Å²) in [7, 11) is -3.74. The van der Waals surface area contributed by atoms with Gasteiger partial charge in [-0.15, -0.1) is 0 Å². The predicted molar refractivity (Wildman–Crippen MR) is 109 cm³/mol. The van der Waals surface area contributed by atoms with Crippen LogP contribution < -0.4 is 5.32 Å². The maximum atomic E-state index is 13.1. The number of halogens is 2. The third-order valence-corrected chi connectivity index (χ3v) is 7.41. The van der Waals surface area contributed by atoms with Crippen molar-refractivity contribution < 1.29 is 13.2 Å². The van der Waals surface area contributed by atoms with Gasteiger partial charge in [0.15, 0.2) is 0 Å². The van der Waals surface area contributed by atoms with Gasteiger partial charge in [-0.05, 0) is 48.7 Å². The number of carbonyl (C=O) groups excluding carboxylic acids is 1. The Bertz CT molecular complexity index is 919. The van der Waals surface area contributed by atoms with Crippen LogP contribution in [0.25, 0.3) is 0 Å². The summed E-state index contributed by atoms with van der Waals surface area (Å²) in [6, 6.07) is 13.0. The highest BCUT2D eigenvalue weighted by Crippen LogP contribution is 2.26. The molecule has 0 saturated carbocycles. The summed E-state index contributed by atoms with van der Waals surface area (Å²) >= 11 is 9.43. The first-order valence-electron chi connectivity index (χ1n) is 8.68. The Morgan fingerprint density at radius 3 is 2.56 bits per heavy atom. The van der Waals surface area contributed by atoms with Crippen molar-refractivity contribution in [2.75, 3.05) is 6.54 Å². The number of nitrogens with zero attached hydrogens (tertiary/aromatic N) is 1. The Morgan fingerprint density at radius 1 is 1.15 bits per heavy atom. The fourth-order valence-electron chi connectivity index (χ4n) is 3.14. The molecular formula is C19H20BrClN2O3S. The highest BCUT2D eigenvalue weighted by Gasteiger charge is 2.37. The lowest BCUT2D eigenvalue weighted by atomic mass is 10.0. The normalized spacial score (nSPS) is 18.2. The number of piperidine rings is 1. The maximum Gasteiger partial charge on any atom is 0.243 e. The largest absolute Gasteiger partial charge is 0.351 e. The Balaban J connectivity index is 1.77. The van der Waals surface area contributed by atoms with Gasteiger partial charge in [0.1, 0.15) is 6.04 Å². The summed E-state index contributed by atoms with van der Waals surface area (Å²) in [5.74, 6) is -0.296. The van der Waals surface area contributed by atoms with Gasteiger partial charge >= 0.3 is 0 Å². The molecule has 5 nitrogen and oxygen atoms in total. The van der Waals surface area contributed by atoms with E-state index in [1.54, 1.807) is 30.3 Å². The smallest absolute Gasteiger partial charge is 0.243 e. The fourth-order valence-corrected chi connectivity index (χ4v) is 5.26. The first-order valence-corrected chi connectivity index (χ1v) is 11.3. The highest BCUT2D eigenvalue weighted by molar-refractivity contribution is 9.10. The lowest BCUT2D eigenvalue weighted by molar-refractivity contribution is -0.125. The van der Waals surface area contributed by atoms with Crippen molar-refractivity contribution in [3.8, 4) is 0 Å². The zero-order valence-electron chi connectivity index (χ0n) is 14.6. The van der Waals surface area contributed by atoms with Crippen LogP contribution in [0.5, 0.6) is 0 Å². The SMILES string of the molecule is O=C(NCc1ccccc1Cl)C1CCCCN1S(=O)(=O)c1ccc(Br)cc1. The zero-order chi connectivity index (χ0) is 19.4. The summed E-state index contributed by atoms with van der Waals surface area (Å²) < 4.78 is 28.2. The van der Waals surface area contributed by atoms with Gasteiger partial charge in [0.25, 0.3) is 0 Å². The van der Waals surface area contributed by atoms with Crippen LogP contribution in [0, 0.1) is 0 Å². The highest BCUT2D eigenvalue weighted by atomic mass is 79.9. The quantitative estimate of drug-likeness (QED) is 0.718. The van der Waals surface area contributed by atoms with Crippen molar-refractivity contribution in [3.63, 3.8) is 0 Å². The molecule has 8 heteroatoms. The number of hydrogen-bond acceptors (Lipinski definition) is 3. The van der Waals surface area contributed by atoms with Crippen molar-refractivity contribution >= 4 is 43.5 Å². The molecule has 1 aliphatic heterocycles. The molecule has 2 aromatic carbocycles. The van der Waals surface area contributed by atoms with Crippen LogP contribution in [0.1, 0.15) is 24.8 Å². The van der Waals surface area contributed by atoms with Gasteiger partial charge in [-0.3, -0.25) is 4.79 Å². The minimum Gasteiger partial charge on any atom is -0.351 e. The molecule has 0 bridgehead atoms. The molecule has 0 spiro atoms. The van der Waals surface area contributed by atoms with E-state index in [9.17, 15) is 13.2 Å². The molecule has 3 rings (SSSR count). The second kappa shape index (κ2) is 8.73. The number of amides is 1. The van der Waals surface area contributed by atoms with E-state index in [1.165, 1.54) is 4.31 Å². The van der Waals surface area contributed by atoms with Crippen LogP contribution in [0.4, 0.5) is 0 Å². The van der Waals surface area contributed by atoms with Gasteiger partial charge in [-0.25, -0.2) is 8.42 Å². The van der Waals surface area contributed by atoms with Crippen molar-refractivity contribution in [1.29, 1.82) is 0 Å². The van der Waals surface area contributed by atoms with Crippen LogP contribution in [0.15, 0.2) is 57.9 Å². The van der Waals surface area contributed by atoms with Crippen LogP contribution in [-0.4, -0.2) is 31.2 Å². The van der Waals surface area contributed by atoms with E-state index in [0.717, 1.165) is 22.9 Å². The monoisotopic (exact) mass is 470 g/mol. The topological polar surface area (TPSA) is 66.5 Å². The van der Waals surface area contributed by atoms with Crippen molar-refractivity contribution in [3.05, 3.63) is 63.6 Å². The number of benzene rings is 2. The third kappa shape index (κ3) is 4.71. The van der Waals surface area contributed by atoms with Crippen molar-refractivity contribution in [1.82, 2.24) is 9.62 Å². The van der Waals surface area contributed by atoms with Crippen LogP contribution in [0.2, 0.25) is 5.02 Å². The molecule has 1 unspecified atom stereocenters. The summed E-state index contributed by atoms with van der Waals surface area (Å²) in [6.07, 6.45) is 2.06. The van der Waals surface area contributed by atoms with Gasteiger partial charge in [-0.1, -0.05) is 52.2 Å². The standard InChI is InChI=1S/C19H20BrClN2O3S/c20-15-8-10-16(11-9-15)27(25,26)23-12-4-3-7-18(23)19(24)22-13-14-5-1-2-6-17(14)21/h1-2,5-6,8-11,18H,3-4,7,12-13H2,(H,22,24). The average molecular weight is 472 g/mol. The molecule has 1 aliphatic rings. The Morgan fingerprint density at radius 2 is 1.85 bits per heavy atom. The molecule has 0 aliphatic carbocycles. The van der Waals surface area contributed by atoms with E-state index < -0.39 is 16.1 Å². The average Bonchev–Trinajstić information content (AvgIpc) is 2.67. The first-order chi connectivity index (χ1) is 12.9.